The fraction of sp³-hybridized carbons (Fsp3) is 0.227. The Morgan fingerprint density at radius 1 is 0.889 bits per heavy atom. The highest BCUT2D eigenvalue weighted by Gasteiger charge is 2.34. The second-order valence-corrected chi connectivity index (χ2v) is 7.65. The lowest BCUT2D eigenvalue weighted by atomic mass is 9.84. The van der Waals surface area contributed by atoms with Gasteiger partial charge in [-0.05, 0) is 54.8 Å². The molecule has 2 aromatic heterocycles. The number of aliphatic hydroxyl groups is 1. The summed E-state index contributed by atoms with van der Waals surface area (Å²) in [6, 6.07) is 19.9. The zero-order valence-corrected chi connectivity index (χ0v) is 15.6. The third-order valence-corrected chi connectivity index (χ3v) is 5.87. The molecule has 1 aliphatic rings. The molecule has 1 N–H and O–H groups in total. The van der Waals surface area contributed by atoms with Crippen LogP contribution < -0.4 is 4.90 Å². The molecule has 3 heterocycles. The van der Waals surface area contributed by atoms with Gasteiger partial charge in [-0.15, -0.1) is 0 Å². The number of piperidine rings is 1. The van der Waals surface area contributed by atoms with Gasteiger partial charge in [0.15, 0.2) is 5.82 Å². The van der Waals surface area contributed by atoms with Crippen molar-refractivity contribution in [2.45, 2.75) is 18.4 Å². The first-order chi connectivity index (χ1) is 13.1. The van der Waals surface area contributed by atoms with E-state index in [2.05, 4.69) is 33.7 Å². The lowest BCUT2D eigenvalue weighted by Crippen LogP contribution is -2.43. The van der Waals surface area contributed by atoms with Crippen LogP contribution in [0.5, 0.6) is 0 Å². The van der Waals surface area contributed by atoms with Crippen molar-refractivity contribution >= 4 is 34.0 Å². The number of halogens is 1. The zero-order chi connectivity index (χ0) is 18.4. The van der Waals surface area contributed by atoms with Crippen molar-refractivity contribution in [1.29, 1.82) is 0 Å². The van der Waals surface area contributed by atoms with E-state index in [4.69, 9.17) is 16.6 Å². The number of rotatable bonds is 2. The summed E-state index contributed by atoms with van der Waals surface area (Å²) in [4.78, 5) is 7.22. The van der Waals surface area contributed by atoms with Gasteiger partial charge in [-0.25, -0.2) is 4.98 Å². The van der Waals surface area contributed by atoms with E-state index in [1.165, 1.54) is 0 Å². The van der Waals surface area contributed by atoms with Crippen molar-refractivity contribution < 1.29 is 5.11 Å². The number of aromatic nitrogens is 2. The van der Waals surface area contributed by atoms with E-state index in [1.807, 2.05) is 42.5 Å². The first-order valence-electron chi connectivity index (χ1n) is 9.23. The van der Waals surface area contributed by atoms with Crippen LogP contribution >= 0.6 is 11.6 Å². The van der Waals surface area contributed by atoms with Crippen LogP contribution in [0.4, 0.5) is 5.82 Å². The van der Waals surface area contributed by atoms with E-state index in [1.54, 1.807) is 0 Å². The molecule has 4 aromatic rings. The number of fused-ring (bicyclic) bond motifs is 3. The maximum Gasteiger partial charge on any atom is 0.153 e. The molecule has 0 amide bonds. The van der Waals surface area contributed by atoms with E-state index < -0.39 is 5.60 Å². The molecule has 0 saturated carbocycles. The lowest BCUT2D eigenvalue weighted by molar-refractivity contribution is 0.0117. The Morgan fingerprint density at radius 2 is 1.59 bits per heavy atom. The van der Waals surface area contributed by atoms with E-state index in [-0.39, 0.29) is 0 Å². The fourth-order valence-corrected chi connectivity index (χ4v) is 4.20. The van der Waals surface area contributed by atoms with E-state index in [9.17, 15) is 5.11 Å². The lowest BCUT2D eigenvalue weighted by Gasteiger charge is -2.39. The largest absolute Gasteiger partial charge is 0.385 e. The Kier molecular flexibility index (Phi) is 3.85. The van der Waals surface area contributed by atoms with Crippen LogP contribution in [0.15, 0.2) is 66.9 Å². The Morgan fingerprint density at radius 3 is 2.37 bits per heavy atom. The summed E-state index contributed by atoms with van der Waals surface area (Å²) < 4.78 is 2.19. The molecule has 0 spiro atoms. The standard InChI is InChI=1S/C22H20ClN3O/c23-17-9-7-16(8-10-17)22(27)11-14-25(15-12-22)21-20-6-3-13-26(20)19-5-2-1-4-18(19)24-21/h1-10,13,27H,11-12,14-15H2. The number of benzene rings is 2. The predicted octanol–water partition coefficient (Wildman–Crippen LogP) is 4.63. The highest BCUT2D eigenvalue weighted by atomic mass is 35.5. The first-order valence-corrected chi connectivity index (χ1v) is 9.61. The number of hydrogen-bond donors (Lipinski definition) is 1. The minimum absolute atomic E-state index is 0.663. The third kappa shape index (κ3) is 2.76. The van der Waals surface area contributed by atoms with Gasteiger partial charge in [0.1, 0.15) is 0 Å². The Labute approximate surface area is 162 Å². The maximum atomic E-state index is 11.1. The Bertz CT molecular complexity index is 1110. The van der Waals surface area contributed by atoms with Gasteiger partial charge in [0.25, 0.3) is 0 Å². The third-order valence-electron chi connectivity index (χ3n) is 5.62. The normalized spacial score (nSPS) is 16.9. The smallest absolute Gasteiger partial charge is 0.153 e. The van der Waals surface area contributed by atoms with Crippen molar-refractivity contribution in [3.05, 3.63) is 77.4 Å². The van der Waals surface area contributed by atoms with Crippen LogP contribution in [0.25, 0.3) is 16.6 Å². The zero-order valence-electron chi connectivity index (χ0n) is 14.8. The van der Waals surface area contributed by atoms with Gasteiger partial charge in [-0.2, -0.15) is 0 Å². The molecule has 1 fully saturated rings. The fourth-order valence-electron chi connectivity index (χ4n) is 4.08. The molecule has 0 bridgehead atoms. The van der Waals surface area contributed by atoms with Crippen molar-refractivity contribution in [1.82, 2.24) is 9.38 Å². The average molecular weight is 378 g/mol. The topological polar surface area (TPSA) is 40.8 Å². The average Bonchev–Trinajstić information content (AvgIpc) is 3.19. The van der Waals surface area contributed by atoms with Crippen molar-refractivity contribution in [3.8, 4) is 0 Å². The van der Waals surface area contributed by atoms with Crippen LogP contribution in [0.3, 0.4) is 0 Å². The molecule has 2 aromatic carbocycles. The van der Waals surface area contributed by atoms with Gasteiger partial charge in [0.2, 0.25) is 0 Å². The predicted molar refractivity (Wildman–Crippen MR) is 109 cm³/mol. The first kappa shape index (κ1) is 16.6. The maximum absolute atomic E-state index is 11.1. The quantitative estimate of drug-likeness (QED) is 0.553. The molecular weight excluding hydrogens is 358 g/mol. The molecule has 0 unspecified atom stereocenters. The van der Waals surface area contributed by atoms with Gasteiger partial charge in [0, 0.05) is 24.3 Å². The molecule has 5 rings (SSSR count). The van der Waals surface area contributed by atoms with Gasteiger partial charge >= 0.3 is 0 Å². The van der Waals surface area contributed by atoms with Crippen molar-refractivity contribution in [2.24, 2.45) is 0 Å². The van der Waals surface area contributed by atoms with Crippen LogP contribution in [-0.4, -0.2) is 27.6 Å². The van der Waals surface area contributed by atoms with Crippen LogP contribution in [-0.2, 0) is 5.60 Å². The minimum Gasteiger partial charge on any atom is -0.385 e. The molecule has 0 aliphatic carbocycles. The number of anilines is 1. The highest BCUT2D eigenvalue weighted by Crippen LogP contribution is 2.36. The number of para-hydroxylation sites is 2. The summed E-state index contributed by atoms with van der Waals surface area (Å²) in [5.41, 5.74) is 3.32. The van der Waals surface area contributed by atoms with E-state index in [0.717, 1.165) is 41.0 Å². The van der Waals surface area contributed by atoms with Gasteiger partial charge in [-0.1, -0.05) is 35.9 Å². The molecular formula is C22H20ClN3O. The monoisotopic (exact) mass is 377 g/mol. The van der Waals surface area contributed by atoms with Crippen LogP contribution in [0, 0.1) is 0 Å². The summed E-state index contributed by atoms with van der Waals surface area (Å²) in [6.07, 6.45) is 3.41. The highest BCUT2D eigenvalue weighted by molar-refractivity contribution is 6.30. The van der Waals surface area contributed by atoms with Gasteiger partial charge < -0.3 is 14.4 Å². The second kappa shape index (κ2) is 6.25. The summed E-state index contributed by atoms with van der Waals surface area (Å²) in [5, 5.41) is 11.8. The van der Waals surface area contributed by atoms with Gasteiger partial charge in [-0.3, -0.25) is 0 Å². The summed E-state index contributed by atoms with van der Waals surface area (Å²) in [5.74, 6) is 0.983. The summed E-state index contributed by atoms with van der Waals surface area (Å²) >= 11 is 5.99. The van der Waals surface area contributed by atoms with E-state index >= 15 is 0 Å². The SMILES string of the molecule is OC1(c2ccc(Cl)cc2)CCN(c2nc3ccccc3n3cccc23)CC1. The molecule has 136 valence electrons. The van der Waals surface area contributed by atoms with E-state index in [0.29, 0.717) is 17.9 Å². The van der Waals surface area contributed by atoms with Gasteiger partial charge in [0.05, 0.1) is 22.2 Å². The summed E-state index contributed by atoms with van der Waals surface area (Å²) in [6.45, 7) is 1.51. The Balaban J connectivity index is 1.48. The minimum atomic E-state index is -0.809. The number of hydrogen-bond acceptors (Lipinski definition) is 3. The molecule has 1 saturated heterocycles. The Hall–Kier alpha value is -2.56. The van der Waals surface area contributed by atoms with Crippen molar-refractivity contribution in [2.75, 3.05) is 18.0 Å². The number of nitrogens with zero attached hydrogens (tertiary/aromatic N) is 3. The van der Waals surface area contributed by atoms with Crippen LogP contribution in [0.2, 0.25) is 5.02 Å². The molecule has 0 atom stereocenters. The molecule has 4 nitrogen and oxygen atoms in total. The summed E-state index contributed by atoms with van der Waals surface area (Å²) in [7, 11) is 0. The van der Waals surface area contributed by atoms with Crippen LogP contribution in [0.1, 0.15) is 18.4 Å². The molecule has 27 heavy (non-hydrogen) atoms. The molecule has 1 aliphatic heterocycles. The molecule has 5 heteroatoms. The second-order valence-electron chi connectivity index (χ2n) is 7.21. The molecule has 0 radical (unpaired) electrons. The van der Waals surface area contributed by atoms with Crippen molar-refractivity contribution in [3.63, 3.8) is 0 Å².